The average molecular weight is 218 g/mol. The number of nitrogens with two attached hydrogens (primary N) is 1. The van der Waals surface area contributed by atoms with Gasteiger partial charge in [-0.15, -0.1) is 11.6 Å². The van der Waals surface area contributed by atoms with Crippen LogP contribution < -0.4 is 5.73 Å². The fraction of sp³-hybridized carbons (Fsp3) is 0.222. The van der Waals surface area contributed by atoms with Gasteiger partial charge in [0.1, 0.15) is 5.38 Å². The first-order valence-electron chi connectivity index (χ1n) is 3.77. The van der Waals surface area contributed by atoms with E-state index >= 15 is 0 Å². The summed E-state index contributed by atoms with van der Waals surface area (Å²) >= 11 is 11.0. The second-order valence-corrected chi connectivity index (χ2v) is 3.42. The van der Waals surface area contributed by atoms with Crippen molar-refractivity contribution < 1.29 is 4.79 Å². The monoisotopic (exact) mass is 217 g/mol. The van der Waals surface area contributed by atoms with E-state index in [9.17, 15) is 4.79 Å². The summed E-state index contributed by atoms with van der Waals surface area (Å²) in [7, 11) is 0. The van der Waals surface area contributed by atoms with Gasteiger partial charge in [0, 0.05) is 6.54 Å². The van der Waals surface area contributed by atoms with E-state index in [1.807, 2.05) is 12.1 Å². The zero-order valence-corrected chi connectivity index (χ0v) is 8.35. The van der Waals surface area contributed by atoms with E-state index in [0.29, 0.717) is 12.1 Å². The molecule has 0 saturated carbocycles. The van der Waals surface area contributed by atoms with E-state index in [1.165, 1.54) is 0 Å². The Bertz CT molecular complexity index is 297. The number of halogens is 2. The quantitative estimate of drug-likeness (QED) is 0.624. The molecule has 0 saturated heterocycles. The Labute approximate surface area is 86.6 Å². The lowest BCUT2D eigenvalue weighted by Crippen LogP contribution is -2.00. The Morgan fingerprint density at radius 1 is 1.38 bits per heavy atom. The van der Waals surface area contributed by atoms with Crippen LogP contribution in [0.3, 0.4) is 0 Å². The summed E-state index contributed by atoms with van der Waals surface area (Å²) in [5, 5.41) is -1.34. The van der Waals surface area contributed by atoms with Crippen molar-refractivity contribution >= 4 is 28.4 Å². The molecule has 0 heterocycles. The third-order valence-corrected chi connectivity index (χ3v) is 2.49. The van der Waals surface area contributed by atoms with Crippen molar-refractivity contribution in [3.05, 3.63) is 35.4 Å². The largest absolute Gasteiger partial charge is 0.326 e. The van der Waals surface area contributed by atoms with Gasteiger partial charge in [-0.2, -0.15) is 0 Å². The smallest absolute Gasteiger partial charge is 0.244 e. The summed E-state index contributed by atoms with van der Waals surface area (Å²) in [6, 6.07) is 7.15. The van der Waals surface area contributed by atoms with Crippen molar-refractivity contribution in [1.82, 2.24) is 0 Å². The second-order valence-electron chi connectivity index (χ2n) is 2.61. The van der Waals surface area contributed by atoms with Gasteiger partial charge in [-0.1, -0.05) is 24.3 Å². The highest BCUT2D eigenvalue weighted by molar-refractivity contribution is 6.68. The standard InChI is InChI=1S/C9H9Cl2NO/c10-8(9(11)13)7-3-1-6(5-12)2-4-7/h1-4,8H,5,12H2. The van der Waals surface area contributed by atoms with Crippen LogP contribution in [0.2, 0.25) is 0 Å². The van der Waals surface area contributed by atoms with Crippen LogP contribution in [-0.2, 0) is 11.3 Å². The molecule has 0 amide bonds. The van der Waals surface area contributed by atoms with Crippen molar-refractivity contribution in [2.24, 2.45) is 5.73 Å². The molecule has 1 aromatic rings. The molecule has 2 N–H and O–H groups in total. The molecule has 13 heavy (non-hydrogen) atoms. The Balaban J connectivity index is 2.85. The lowest BCUT2D eigenvalue weighted by atomic mass is 10.1. The van der Waals surface area contributed by atoms with E-state index in [0.717, 1.165) is 5.56 Å². The summed E-state index contributed by atoms with van der Waals surface area (Å²) in [5.74, 6) is 0. The van der Waals surface area contributed by atoms with E-state index in [1.54, 1.807) is 12.1 Å². The highest BCUT2D eigenvalue weighted by atomic mass is 35.5. The van der Waals surface area contributed by atoms with E-state index < -0.39 is 10.6 Å². The first kappa shape index (κ1) is 10.5. The van der Waals surface area contributed by atoms with Crippen molar-refractivity contribution in [2.45, 2.75) is 11.9 Å². The number of carbonyl (C=O) groups excluding carboxylic acids is 1. The number of benzene rings is 1. The topological polar surface area (TPSA) is 43.1 Å². The van der Waals surface area contributed by atoms with Crippen molar-refractivity contribution in [2.75, 3.05) is 0 Å². The minimum Gasteiger partial charge on any atom is -0.326 e. The molecule has 70 valence electrons. The molecule has 0 aliphatic carbocycles. The van der Waals surface area contributed by atoms with E-state index in [-0.39, 0.29) is 0 Å². The lowest BCUT2D eigenvalue weighted by Gasteiger charge is -2.04. The summed E-state index contributed by atoms with van der Waals surface area (Å²) < 4.78 is 0. The molecule has 0 aliphatic heterocycles. The molecule has 1 unspecified atom stereocenters. The van der Waals surface area contributed by atoms with E-state index in [4.69, 9.17) is 28.9 Å². The van der Waals surface area contributed by atoms with Gasteiger partial charge in [0.2, 0.25) is 5.24 Å². The van der Waals surface area contributed by atoms with Gasteiger partial charge in [0.25, 0.3) is 0 Å². The van der Waals surface area contributed by atoms with Crippen molar-refractivity contribution in [3.8, 4) is 0 Å². The van der Waals surface area contributed by atoms with Gasteiger partial charge < -0.3 is 5.73 Å². The van der Waals surface area contributed by atoms with Crippen LogP contribution in [-0.4, -0.2) is 5.24 Å². The molecule has 1 rings (SSSR count). The Morgan fingerprint density at radius 2 is 1.92 bits per heavy atom. The highest BCUT2D eigenvalue weighted by Gasteiger charge is 2.14. The summed E-state index contributed by atoms with van der Waals surface area (Å²) in [4.78, 5) is 10.7. The number of rotatable bonds is 3. The predicted octanol–water partition coefficient (Wildman–Crippen LogP) is 2.19. The van der Waals surface area contributed by atoms with Crippen LogP contribution in [0, 0.1) is 0 Å². The highest BCUT2D eigenvalue weighted by Crippen LogP contribution is 2.23. The molecule has 0 fully saturated rings. The molecule has 2 nitrogen and oxygen atoms in total. The molecule has 0 radical (unpaired) electrons. The third-order valence-electron chi connectivity index (χ3n) is 1.71. The van der Waals surface area contributed by atoms with Gasteiger partial charge in [-0.3, -0.25) is 4.79 Å². The first-order valence-corrected chi connectivity index (χ1v) is 4.59. The maximum absolute atomic E-state index is 10.7. The minimum atomic E-state index is -0.770. The van der Waals surface area contributed by atoms with Crippen LogP contribution in [0.5, 0.6) is 0 Å². The molecular formula is C9H9Cl2NO. The van der Waals surface area contributed by atoms with Crippen LogP contribution in [0.4, 0.5) is 0 Å². The molecule has 0 aliphatic rings. The Kier molecular flexibility index (Phi) is 3.72. The third kappa shape index (κ3) is 2.69. The predicted molar refractivity (Wildman–Crippen MR) is 53.8 cm³/mol. The average Bonchev–Trinajstić information content (AvgIpc) is 2.17. The van der Waals surface area contributed by atoms with Crippen LogP contribution >= 0.6 is 23.2 Å². The summed E-state index contributed by atoms with van der Waals surface area (Å²) in [6.45, 7) is 0.474. The van der Waals surface area contributed by atoms with Crippen molar-refractivity contribution in [1.29, 1.82) is 0 Å². The number of hydrogen-bond donors (Lipinski definition) is 1. The first-order chi connectivity index (χ1) is 6.15. The summed E-state index contributed by atoms with van der Waals surface area (Å²) in [6.07, 6.45) is 0. The maximum Gasteiger partial charge on any atom is 0.244 e. The zero-order valence-electron chi connectivity index (χ0n) is 6.84. The number of hydrogen-bond acceptors (Lipinski definition) is 2. The van der Waals surface area contributed by atoms with Crippen LogP contribution in [0.25, 0.3) is 0 Å². The van der Waals surface area contributed by atoms with Crippen LogP contribution in [0.1, 0.15) is 16.5 Å². The number of carbonyl (C=O) groups is 1. The molecule has 1 aromatic carbocycles. The second kappa shape index (κ2) is 4.61. The molecule has 0 bridgehead atoms. The van der Waals surface area contributed by atoms with Crippen LogP contribution in [0.15, 0.2) is 24.3 Å². The fourth-order valence-electron chi connectivity index (χ4n) is 0.954. The normalized spacial score (nSPS) is 12.5. The van der Waals surface area contributed by atoms with Gasteiger partial charge in [-0.25, -0.2) is 0 Å². The minimum absolute atomic E-state index is 0.474. The fourth-order valence-corrected chi connectivity index (χ4v) is 1.23. The SMILES string of the molecule is NCc1ccc(C(Cl)C(=O)Cl)cc1. The maximum atomic E-state index is 10.7. The van der Waals surface area contributed by atoms with E-state index in [2.05, 4.69) is 0 Å². The van der Waals surface area contributed by atoms with Gasteiger partial charge in [0.15, 0.2) is 0 Å². The Morgan fingerprint density at radius 3 is 2.31 bits per heavy atom. The molecule has 1 atom stereocenters. The molecule has 0 spiro atoms. The molecule has 4 heteroatoms. The van der Waals surface area contributed by atoms with Crippen molar-refractivity contribution in [3.63, 3.8) is 0 Å². The molecule has 0 aromatic heterocycles. The number of alkyl halides is 1. The molecular weight excluding hydrogens is 209 g/mol. The Hall–Kier alpha value is -0.570. The lowest BCUT2D eigenvalue weighted by molar-refractivity contribution is -0.111. The van der Waals surface area contributed by atoms with Gasteiger partial charge in [-0.05, 0) is 22.7 Å². The summed E-state index contributed by atoms with van der Waals surface area (Å²) in [5.41, 5.74) is 7.10. The van der Waals surface area contributed by atoms with Gasteiger partial charge >= 0.3 is 0 Å². The van der Waals surface area contributed by atoms with Gasteiger partial charge in [0.05, 0.1) is 0 Å². The zero-order chi connectivity index (χ0) is 9.84.